The summed E-state index contributed by atoms with van der Waals surface area (Å²) in [5, 5.41) is 6.92. The van der Waals surface area contributed by atoms with Crippen LogP contribution in [0.3, 0.4) is 0 Å². The number of rotatable bonds is 6. The number of hydrogen-bond acceptors (Lipinski definition) is 3. The van der Waals surface area contributed by atoms with Crippen LogP contribution in [0.15, 0.2) is 224 Å². The van der Waals surface area contributed by atoms with E-state index in [-0.39, 0.29) is 0 Å². The lowest BCUT2D eigenvalue weighted by Gasteiger charge is -2.34. The highest BCUT2D eigenvalue weighted by atomic mass is 15.0. The average Bonchev–Trinajstić information content (AvgIpc) is 3.64. The molecular weight excluding hydrogens is 739 g/mol. The van der Waals surface area contributed by atoms with Crippen LogP contribution in [0.4, 0.5) is 0 Å². The summed E-state index contributed by atoms with van der Waals surface area (Å²) in [4.78, 5) is 16.2. The topological polar surface area (TPSA) is 38.7 Å². The predicted molar refractivity (Wildman–Crippen MR) is 251 cm³/mol. The second-order valence-electron chi connectivity index (χ2n) is 15.8. The van der Waals surface area contributed by atoms with Crippen LogP contribution in [0.1, 0.15) is 22.3 Å². The minimum Gasteiger partial charge on any atom is -0.208 e. The van der Waals surface area contributed by atoms with Crippen LogP contribution in [0, 0.1) is 0 Å². The molecule has 12 rings (SSSR count). The van der Waals surface area contributed by atoms with E-state index in [0.717, 1.165) is 32.8 Å². The Morgan fingerprint density at radius 3 is 1.49 bits per heavy atom. The summed E-state index contributed by atoms with van der Waals surface area (Å²) in [6.45, 7) is 0. The minimum atomic E-state index is -0.552. The van der Waals surface area contributed by atoms with Crippen LogP contribution in [-0.4, -0.2) is 15.0 Å². The van der Waals surface area contributed by atoms with Crippen molar-refractivity contribution in [2.24, 2.45) is 0 Å². The van der Waals surface area contributed by atoms with Gasteiger partial charge in [-0.2, -0.15) is 0 Å². The van der Waals surface area contributed by atoms with Gasteiger partial charge in [0.25, 0.3) is 0 Å². The van der Waals surface area contributed by atoms with Gasteiger partial charge in [-0.3, -0.25) is 0 Å². The quantitative estimate of drug-likeness (QED) is 0.125. The Hall–Kier alpha value is -8.01. The molecule has 0 bridgehead atoms. The molecule has 3 nitrogen and oxygen atoms in total. The van der Waals surface area contributed by atoms with Gasteiger partial charge in [0.2, 0.25) is 0 Å². The van der Waals surface area contributed by atoms with Gasteiger partial charge < -0.3 is 0 Å². The highest BCUT2D eigenvalue weighted by molar-refractivity contribution is 6.27. The predicted octanol–water partition coefficient (Wildman–Crippen LogP) is 14.4. The maximum Gasteiger partial charge on any atom is 0.165 e. The molecule has 0 radical (unpaired) electrons. The Balaban J connectivity index is 1.17. The van der Waals surface area contributed by atoms with E-state index in [1.165, 1.54) is 60.7 Å². The maximum atomic E-state index is 5.53. The molecule has 3 heteroatoms. The number of hydrogen-bond donors (Lipinski definition) is 0. The molecule has 0 unspecified atom stereocenters. The molecule has 0 saturated carbocycles. The standard InChI is InChI=1S/C58H37N3/c1-5-20-39(21-6-1)52-47-30-15-16-31-48(47)54(49-36-33-38-19-13-14-28-44(38)53(49)52)57-60-55(40-22-7-2-8-23-40)59-56(61-57)41-34-35-46-45-29-17-18-32-50(45)58(51(46)37-41,42-24-9-3-10-25-42)43-26-11-4-12-27-43/h1-37H. The van der Waals surface area contributed by atoms with E-state index in [1.807, 2.05) is 18.2 Å². The van der Waals surface area contributed by atoms with E-state index in [2.05, 4.69) is 206 Å². The highest BCUT2D eigenvalue weighted by Crippen LogP contribution is 2.56. The fourth-order valence-electron chi connectivity index (χ4n) is 10.0. The highest BCUT2D eigenvalue weighted by Gasteiger charge is 2.46. The molecule has 1 aromatic heterocycles. The van der Waals surface area contributed by atoms with Crippen molar-refractivity contribution in [1.82, 2.24) is 15.0 Å². The van der Waals surface area contributed by atoms with Crippen LogP contribution < -0.4 is 0 Å². The first kappa shape index (κ1) is 35.0. The molecule has 1 aliphatic rings. The van der Waals surface area contributed by atoms with Crippen LogP contribution in [0.25, 0.3) is 88.7 Å². The van der Waals surface area contributed by atoms with Gasteiger partial charge >= 0.3 is 0 Å². The van der Waals surface area contributed by atoms with Gasteiger partial charge in [-0.15, -0.1) is 0 Å². The van der Waals surface area contributed by atoms with E-state index < -0.39 is 5.41 Å². The van der Waals surface area contributed by atoms with E-state index in [4.69, 9.17) is 15.0 Å². The van der Waals surface area contributed by atoms with Crippen LogP contribution in [0.2, 0.25) is 0 Å². The van der Waals surface area contributed by atoms with E-state index in [0.29, 0.717) is 17.5 Å². The zero-order valence-corrected chi connectivity index (χ0v) is 33.2. The molecule has 10 aromatic carbocycles. The van der Waals surface area contributed by atoms with Crippen LogP contribution >= 0.6 is 0 Å². The third-order valence-electron chi connectivity index (χ3n) is 12.6. The molecule has 284 valence electrons. The maximum absolute atomic E-state index is 5.53. The van der Waals surface area contributed by atoms with Crippen molar-refractivity contribution in [3.63, 3.8) is 0 Å². The van der Waals surface area contributed by atoms with E-state index >= 15 is 0 Å². The molecule has 0 atom stereocenters. The van der Waals surface area contributed by atoms with Crippen molar-refractivity contribution in [3.8, 4) is 56.4 Å². The Bertz CT molecular complexity index is 3410. The van der Waals surface area contributed by atoms with Gasteiger partial charge in [0, 0.05) is 16.7 Å². The van der Waals surface area contributed by atoms with Crippen molar-refractivity contribution in [3.05, 3.63) is 247 Å². The molecule has 0 N–H and O–H groups in total. The summed E-state index contributed by atoms with van der Waals surface area (Å²) < 4.78 is 0. The summed E-state index contributed by atoms with van der Waals surface area (Å²) in [5.41, 5.74) is 12.1. The van der Waals surface area contributed by atoms with E-state index in [1.54, 1.807) is 0 Å². The van der Waals surface area contributed by atoms with Gasteiger partial charge in [-0.1, -0.05) is 218 Å². The van der Waals surface area contributed by atoms with Gasteiger partial charge in [-0.05, 0) is 82.9 Å². The molecule has 0 aliphatic heterocycles. The SMILES string of the molecule is c1ccc(-c2nc(-c3ccc4c(c3)C(c3ccccc3)(c3ccccc3)c3ccccc3-4)nc(-c3c4ccccc4c(-c4ccccc4)c4c3ccc3ccccc34)n2)cc1. The molecule has 0 spiro atoms. The number of fused-ring (bicyclic) bond motifs is 7. The molecule has 0 saturated heterocycles. The molecule has 1 heterocycles. The first-order valence-electron chi connectivity index (χ1n) is 20.9. The second-order valence-corrected chi connectivity index (χ2v) is 15.8. The number of benzene rings is 10. The van der Waals surface area contributed by atoms with Gasteiger partial charge in [-0.25, -0.2) is 15.0 Å². The van der Waals surface area contributed by atoms with E-state index in [9.17, 15) is 0 Å². The molecule has 11 aromatic rings. The van der Waals surface area contributed by atoms with Crippen molar-refractivity contribution in [1.29, 1.82) is 0 Å². The number of nitrogens with zero attached hydrogens (tertiary/aromatic N) is 3. The smallest absolute Gasteiger partial charge is 0.165 e. The fourth-order valence-corrected chi connectivity index (χ4v) is 10.0. The average molecular weight is 776 g/mol. The third-order valence-corrected chi connectivity index (χ3v) is 12.6. The largest absolute Gasteiger partial charge is 0.208 e. The lowest BCUT2D eigenvalue weighted by Crippen LogP contribution is -2.28. The van der Waals surface area contributed by atoms with Crippen molar-refractivity contribution in [2.75, 3.05) is 0 Å². The minimum absolute atomic E-state index is 0.552. The van der Waals surface area contributed by atoms with Crippen LogP contribution in [0.5, 0.6) is 0 Å². The Morgan fingerprint density at radius 1 is 0.295 bits per heavy atom. The Kier molecular flexibility index (Phi) is 8.07. The summed E-state index contributed by atoms with van der Waals surface area (Å²) >= 11 is 0. The first-order chi connectivity index (χ1) is 30.3. The lowest BCUT2D eigenvalue weighted by atomic mass is 9.67. The third kappa shape index (κ3) is 5.41. The van der Waals surface area contributed by atoms with Crippen molar-refractivity contribution < 1.29 is 0 Å². The molecule has 0 fully saturated rings. The Morgan fingerprint density at radius 2 is 0.803 bits per heavy atom. The molecule has 61 heavy (non-hydrogen) atoms. The number of aromatic nitrogens is 3. The Labute approximate surface area is 354 Å². The fraction of sp³-hybridized carbons (Fsp3) is 0.0172. The second kappa shape index (κ2) is 14.1. The van der Waals surface area contributed by atoms with Crippen LogP contribution in [-0.2, 0) is 5.41 Å². The first-order valence-corrected chi connectivity index (χ1v) is 20.9. The lowest BCUT2D eigenvalue weighted by molar-refractivity contribution is 0.768. The zero-order chi connectivity index (χ0) is 40.3. The van der Waals surface area contributed by atoms with Gasteiger partial charge in [0.15, 0.2) is 17.5 Å². The molecule has 1 aliphatic carbocycles. The monoisotopic (exact) mass is 775 g/mol. The summed E-state index contributed by atoms with van der Waals surface area (Å²) in [6.07, 6.45) is 0. The normalized spacial score (nSPS) is 12.7. The van der Waals surface area contributed by atoms with Gasteiger partial charge in [0.1, 0.15) is 0 Å². The molecule has 0 amide bonds. The zero-order valence-electron chi connectivity index (χ0n) is 33.2. The van der Waals surface area contributed by atoms with Crippen molar-refractivity contribution >= 4 is 32.3 Å². The van der Waals surface area contributed by atoms with Gasteiger partial charge in [0.05, 0.1) is 5.41 Å². The summed E-state index contributed by atoms with van der Waals surface area (Å²) in [7, 11) is 0. The summed E-state index contributed by atoms with van der Waals surface area (Å²) in [5.74, 6) is 1.90. The van der Waals surface area contributed by atoms with Crippen molar-refractivity contribution in [2.45, 2.75) is 5.41 Å². The summed E-state index contributed by atoms with van der Waals surface area (Å²) in [6, 6.07) is 80.5. The molecular formula is C58H37N3.